The van der Waals surface area contributed by atoms with E-state index < -0.39 is 0 Å². The van der Waals surface area contributed by atoms with Crippen LogP contribution in [0.25, 0.3) is 23.1 Å². The molecule has 0 spiro atoms. The van der Waals surface area contributed by atoms with Crippen molar-refractivity contribution in [1.29, 1.82) is 0 Å². The second-order valence-electron chi connectivity index (χ2n) is 6.62. The molecule has 0 unspecified atom stereocenters. The highest BCUT2D eigenvalue weighted by Crippen LogP contribution is 2.27. The van der Waals surface area contributed by atoms with Crippen molar-refractivity contribution < 1.29 is 9.18 Å². The molecule has 1 heterocycles. The average molecular weight is 390 g/mol. The van der Waals surface area contributed by atoms with Crippen LogP contribution in [-0.2, 0) is 6.54 Å². The zero-order valence-corrected chi connectivity index (χ0v) is 15.7. The Hall–Kier alpha value is -3.17. The molecule has 1 aromatic heterocycles. The van der Waals surface area contributed by atoms with Gasteiger partial charge in [-0.05, 0) is 35.4 Å². The molecule has 0 radical (unpaired) electrons. The Morgan fingerprint density at radius 1 is 0.893 bits per heavy atom. The largest absolute Gasteiger partial charge is 0.342 e. The summed E-state index contributed by atoms with van der Waals surface area (Å²) in [6.45, 7) is 0.624. The number of fused-ring (bicyclic) bond motifs is 1. The number of aldehydes is 1. The van der Waals surface area contributed by atoms with Crippen LogP contribution in [0.2, 0.25) is 5.02 Å². The fraction of sp³-hybridized carbons (Fsp3) is 0.0417. The SMILES string of the molecule is O=Cc1ccc(/C=C/c2cn(Cc3ccc(F)cc3)c3cc(Cl)ccc23)cc1. The maximum atomic E-state index is 13.2. The van der Waals surface area contributed by atoms with Crippen molar-refractivity contribution in [2.75, 3.05) is 0 Å². The van der Waals surface area contributed by atoms with E-state index in [-0.39, 0.29) is 5.82 Å². The first-order valence-corrected chi connectivity index (χ1v) is 9.26. The second-order valence-corrected chi connectivity index (χ2v) is 7.05. The molecule has 4 rings (SSSR count). The van der Waals surface area contributed by atoms with E-state index in [0.29, 0.717) is 17.1 Å². The minimum atomic E-state index is -0.242. The van der Waals surface area contributed by atoms with E-state index in [1.807, 2.05) is 42.5 Å². The summed E-state index contributed by atoms with van der Waals surface area (Å²) in [7, 11) is 0. The molecule has 0 saturated carbocycles. The lowest BCUT2D eigenvalue weighted by Crippen LogP contribution is -1.97. The van der Waals surface area contributed by atoms with Gasteiger partial charge in [-0.25, -0.2) is 4.39 Å². The van der Waals surface area contributed by atoms with Crippen molar-refractivity contribution in [1.82, 2.24) is 4.57 Å². The summed E-state index contributed by atoms with van der Waals surface area (Å²) in [4.78, 5) is 10.8. The zero-order valence-electron chi connectivity index (χ0n) is 15.0. The first kappa shape index (κ1) is 18.2. The van der Waals surface area contributed by atoms with Crippen molar-refractivity contribution in [3.8, 4) is 0 Å². The summed E-state index contributed by atoms with van der Waals surface area (Å²) in [6.07, 6.45) is 6.97. The van der Waals surface area contributed by atoms with Gasteiger partial charge in [-0.1, -0.05) is 66.2 Å². The van der Waals surface area contributed by atoms with Crippen LogP contribution in [0, 0.1) is 5.82 Å². The van der Waals surface area contributed by atoms with E-state index in [9.17, 15) is 9.18 Å². The van der Waals surface area contributed by atoms with Crippen LogP contribution >= 0.6 is 11.6 Å². The van der Waals surface area contributed by atoms with Gasteiger partial charge in [0, 0.05) is 34.3 Å². The Morgan fingerprint density at radius 3 is 2.32 bits per heavy atom. The molecule has 4 heteroatoms. The van der Waals surface area contributed by atoms with Crippen LogP contribution < -0.4 is 0 Å². The van der Waals surface area contributed by atoms with Crippen molar-refractivity contribution in [3.63, 3.8) is 0 Å². The van der Waals surface area contributed by atoms with Crippen LogP contribution in [0.5, 0.6) is 0 Å². The van der Waals surface area contributed by atoms with E-state index in [2.05, 4.69) is 10.8 Å². The molecule has 3 aromatic carbocycles. The lowest BCUT2D eigenvalue weighted by Gasteiger charge is -2.06. The van der Waals surface area contributed by atoms with E-state index >= 15 is 0 Å². The lowest BCUT2D eigenvalue weighted by molar-refractivity contribution is 0.112. The Balaban J connectivity index is 1.70. The fourth-order valence-electron chi connectivity index (χ4n) is 3.22. The van der Waals surface area contributed by atoms with Crippen LogP contribution in [0.4, 0.5) is 4.39 Å². The van der Waals surface area contributed by atoms with Crippen LogP contribution in [0.15, 0.2) is 72.9 Å². The molecule has 138 valence electrons. The maximum absolute atomic E-state index is 13.2. The van der Waals surface area contributed by atoms with Gasteiger partial charge in [-0.15, -0.1) is 0 Å². The highest BCUT2D eigenvalue weighted by atomic mass is 35.5. The van der Waals surface area contributed by atoms with Gasteiger partial charge in [-0.2, -0.15) is 0 Å². The van der Waals surface area contributed by atoms with Gasteiger partial charge in [0.05, 0.1) is 5.52 Å². The molecular formula is C24H17ClFNO. The molecule has 0 aliphatic heterocycles. The van der Waals surface area contributed by atoms with Crippen LogP contribution in [-0.4, -0.2) is 10.9 Å². The maximum Gasteiger partial charge on any atom is 0.150 e. The molecule has 2 nitrogen and oxygen atoms in total. The Morgan fingerprint density at radius 2 is 1.61 bits per heavy atom. The zero-order chi connectivity index (χ0) is 19.5. The van der Waals surface area contributed by atoms with E-state index in [4.69, 9.17) is 11.6 Å². The first-order chi connectivity index (χ1) is 13.6. The highest BCUT2D eigenvalue weighted by Gasteiger charge is 2.08. The number of carbonyl (C=O) groups is 1. The van der Waals surface area contributed by atoms with E-state index in [1.54, 1.807) is 24.3 Å². The first-order valence-electron chi connectivity index (χ1n) is 8.88. The van der Waals surface area contributed by atoms with Gasteiger partial charge in [0.2, 0.25) is 0 Å². The quantitative estimate of drug-likeness (QED) is 0.359. The van der Waals surface area contributed by atoms with Crippen LogP contribution in [0.1, 0.15) is 27.0 Å². The van der Waals surface area contributed by atoms with Crippen molar-refractivity contribution in [3.05, 3.63) is 106 Å². The Bertz CT molecular complexity index is 1160. The number of rotatable bonds is 5. The lowest BCUT2D eigenvalue weighted by atomic mass is 10.1. The summed E-state index contributed by atoms with van der Waals surface area (Å²) >= 11 is 6.22. The number of benzene rings is 3. The second kappa shape index (κ2) is 7.83. The Kier molecular flexibility index (Phi) is 5.09. The number of aromatic nitrogens is 1. The normalized spacial score (nSPS) is 11.4. The number of halogens is 2. The summed E-state index contributed by atoms with van der Waals surface area (Å²) in [6, 6.07) is 19.8. The summed E-state index contributed by atoms with van der Waals surface area (Å²) in [5.41, 5.74) is 4.76. The molecule has 0 bridgehead atoms. The van der Waals surface area contributed by atoms with Crippen molar-refractivity contribution in [2.24, 2.45) is 0 Å². The molecule has 0 fully saturated rings. The third-order valence-corrected chi connectivity index (χ3v) is 4.90. The fourth-order valence-corrected chi connectivity index (χ4v) is 3.38. The predicted molar refractivity (Wildman–Crippen MR) is 113 cm³/mol. The number of carbonyl (C=O) groups excluding carboxylic acids is 1. The van der Waals surface area contributed by atoms with Crippen molar-refractivity contribution >= 4 is 40.9 Å². The van der Waals surface area contributed by atoms with Gasteiger partial charge < -0.3 is 4.57 Å². The smallest absolute Gasteiger partial charge is 0.150 e. The highest BCUT2D eigenvalue weighted by molar-refractivity contribution is 6.31. The topological polar surface area (TPSA) is 22.0 Å². The molecule has 0 aliphatic rings. The minimum absolute atomic E-state index is 0.242. The standard InChI is InChI=1S/C24H17ClFNO/c25-21-9-12-23-20(8-5-17-1-3-19(16-28)4-2-17)15-27(24(23)13-21)14-18-6-10-22(26)11-7-18/h1-13,15-16H,14H2/b8-5+. The molecule has 28 heavy (non-hydrogen) atoms. The van der Waals surface area contributed by atoms with Gasteiger partial charge in [-0.3, -0.25) is 4.79 Å². The number of nitrogens with zero attached hydrogens (tertiary/aromatic N) is 1. The molecule has 0 atom stereocenters. The monoisotopic (exact) mass is 389 g/mol. The molecule has 0 amide bonds. The number of hydrogen-bond donors (Lipinski definition) is 0. The van der Waals surface area contributed by atoms with Gasteiger partial charge in [0.15, 0.2) is 0 Å². The van der Waals surface area contributed by atoms with Crippen molar-refractivity contribution in [2.45, 2.75) is 6.54 Å². The number of hydrogen-bond acceptors (Lipinski definition) is 1. The van der Waals surface area contributed by atoms with E-state index in [1.165, 1.54) is 12.1 Å². The van der Waals surface area contributed by atoms with E-state index in [0.717, 1.165) is 33.9 Å². The molecular weight excluding hydrogens is 373 g/mol. The predicted octanol–water partition coefficient (Wildman–Crippen LogP) is 6.47. The summed E-state index contributed by atoms with van der Waals surface area (Å²) in [5, 5.41) is 1.76. The summed E-state index contributed by atoms with van der Waals surface area (Å²) in [5.74, 6) is -0.242. The molecule has 0 aliphatic carbocycles. The molecule has 4 aromatic rings. The average Bonchev–Trinajstić information content (AvgIpc) is 3.05. The third kappa shape index (κ3) is 3.90. The van der Waals surface area contributed by atoms with Gasteiger partial charge in [0.25, 0.3) is 0 Å². The minimum Gasteiger partial charge on any atom is -0.342 e. The van der Waals surface area contributed by atoms with Gasteiger partial charge >= 0.3 is 0 Å². The third-order valence-electron chi connectivity index (χ3n) is 4.67. The molecule has 0 N–H and O–H groups in total. The van der Waals surface area contributed by atoms with Gasteiger partial charge in [0.1, 0.15) is 12.1 Å². The van der Waals surface area contributed by atoms with Crippen LogP contribution in [0.3, 0.4) is 0 Å². The molecule has 0 saturated heterocycles. The summed E-state index contributed by atoms with van der Waals surface area (Å²) < 4.78 is 15.3. The Labute approximate surface area is 167 Å².